The average Bonchev–Trinajstić information content (AvgIpc) is 2.98. The summed E-state index contributed by atoms with van der Waals surface area (Å²) in [5.41, 5.74) is 2.64. The van der Waals surface area contributed by atoms with Crippen molar-refractivity contribution in [3.8, 4) is 0 Å². The van der Waals surface area contributed by atoms with E-state index in [1.54, 1.807) is 0 Å². The lowest BCUT2D eigenvalue weighted by molar-refractivity contribution is 0.379. The van der Waals surface area contributed by atoms with Gasteiger partial charge in [-0.1, -0.05) is 31.4 Å². The minimum atomic E-state index is 0.476. The van der Waals surface area contributed by atoms with Crippen molar-refractivity contribution in [1.82, 2.24) is 10.3 Å². The topological polar surface area (TPSA) is 27.8 Å². The van der Waals surface area contributed by atoms with E-state index in [9.17, 15) is 0 Å². The van der Waals surface area contributed by atoms with Gasteiger partial charge in [-0.05, 0) is 36.8 Å². The number of H-pyrrole nitrogens is 1. The van der Waals surface area contributed by atoms with Crippen molar-refractivity contribution in [2.75, 3.05) is 12.8 Å². The lowest BCUT2D eigenvalue weighted by Crippen LogP contribution is -2.39. The van der Waals surface area contributed by atoms with Crippen LogP contribution in [0.15, 0.2) is 30.5 Å². The molecule has 108 valence electrons. The Bertz CT molecular complexity index is 555. The van der Waals surface area contributed by atoms with Crippen LogP contribution in [0.3, 0.4) is 0 Å². The summed E-state index contributed by atoms with van der Waals surface area (Å²) >= 11 is 2.06. The van der Waals surface area contributed by atoms with Gasteiger partial charge in [0.05, 0.1) is 0 Å². The summed E-state index contributed by atoms with van der Waals surface area (Å²) in [6.07, 6.45) is 11.3. The number of hydrogen-bond acceptors (Lipinski definition) is 2. The van der Waals surface area contributed by atoms with Crippen LogP contribution in [0.5, 0.6) is 0 Å². The summed E-state index contributed by atoms with van der Waals surface area (Å²) in [4.78, 5) is 3.29. The molecule has 0 aliphatic heterocycles. The van der Waals surface area contributed by atoms with Gasteiger partial charge in [0.25, 0.3) is 0 Å². The van der Waals surface area contributed by atoms with E-state index in [-0.39, 0.29) is 0 Å². The van der Waals surface area contributed by atoms with Crippen molar-refractivity contribution >= 4 is 22.7 Å². The van der Waals surface area contributed by atoms with Crippen LogP contribution in [0.25, 0.3) is 10.9 Å². The molecule has 2 N–H and O–H groups in total. The van der Waals surface area contributed by atoms with Crippen molar-refractivity contribution in [2.24, 2.45) is 0 Å². The Balaban J connectivity index is 1.63. The third kappa shape index (κ3) is 2.89. The second-order valence-corrected chi connectivity index (χ2v) is 7.18. The number of nitrogens with one attached hydrogen (secondary N) is 2. The SMILES string of the molecule is CSC1(CNCc2cccc3[nH]ccc23)CCCCC1. The zero-order valence-electron chi connectivity index (χ0n) is 12.2. The van der Waals surface area contributed by atoms with Crippen LogP contribution < -0.4 is 5.32 Å². The Morgan fingerprint density at radius 3 is 2.85 bits per heavy atom. The first-order chi connectivity index (χ1) is 9.83. The molecule has 0 spiro atoms. The van der Waals surface area contributed by atoms with E-state index < -0.39 is 0 Å². The molecule has 2 nitrogen and oxygen atoms in total. The maximum absolute atomic E-state index is 3.71. The van der Waals surface area contributed by atoms with Crippen molar-refractivity contribution in [2.45, 2.75) is 43.4 Å². The molecule has 0 bridgehead atoms. The standard InChI is InChI=1S/C17H24N2S/c1-20-17(9-3-2-4-10-17)13-18-12-14-6-5-7-16-15(14)8-11-19-16/h5-8,11,18-19H,2-4,9-10,12-13H2,1H3. The highest BCUT2D eigenvalue weighted by Crippen LogP contribution is 2.38. The van der Waals surface area contributed by atoms with E-state index in [0.29, 0.717) is 4.75 Å². The molecule has 1 fully saturated rings. The van der Waals surface area contributed by atoms with E-state index >= 15 is 0 Å². The van der Waals surface area contributed by atoms with Crippen LogP contribution in [-0.2, 0) is 6.54 Å². The summed E-state index contributed by atoms with van der Waals surface area (Å²) in [6.45, 7) is 2.10. The van der Waals surface area contributed by atoms with Crippen molar-refractivity contribution in [3.05, 3.63) is 36.0 Å². The molecule has 1 aliphatic carbocycles. The number of thioether (sulfide) groups is 1. The molecule has 1 aliphatic rings. The van der Waals surface area contributed by atoms with Crippen LogP contribution in [0.1, 0.15) is 37.7 Å². The Morgan fingerprint density at radius 2 is 2.05 bits per heavy atom. The van der Waals surface area contributed by atoms with Gasteiger partial charge < -0.3 is 10.3 Å². The number of hydrogen-bond donors (Lipinski definition) is 2. The number of rotatable bonds is 5. The van der Waals surface area contributed by atoms with Gasteiger partial charge in [-0.25, -0.2) is 0 Å². The highest BCUT2D eigenvalue weighted by atomic mass is 32.2. The van der Waals surface area contributed by atoms with Gasteiger partial charge in [0.15, 0.2) is 0 Å². The molecule has 0 amide bonds. The molecular weight excluding hydrogens is 264 g/mol. The Hall–Kier alpha value is -0.930. The highest BCUT2D eigenvalue weighted by Gasteiger charge is 2.30. The van der Waals surface area contributed by atoms with Gasteiger partial charge in [-0.3, -0.25) is 0 Å². The van der Waals surface area contributed by atoms with Crippen LogP contribution in [0.2, 0.25) is 0 Å². The van der Waals surface area contributed by atoms with Gasteiger partial charge in [0, 0.05) is 34.9 Å². The lowest BCUT2D eigenvalue weighted by atomic mass is 9.88. The third-order valence-electron chi connectivity index (χ3n) is 4.65. The third-order valence-corrected chi connectivity index (χ3v) is 6.06. The zero-order valence-corrected chi connectivity index (χ0v) is 13.1. The van der Waals surface area contributed by atoms with Gasteiger partial charge >= 0.3 is 0 Å². The van der Waals surface area contributed by atoms with Gasteiger partial charge in [0.2, 0.25) is 0 Å². The number of aromatic nitrogens is 1. The number of aromatic amines is 1. The molecule has 1 aromatic carbocycles. The first-order valence-electron chi connectivity index (χ1n) is 7.64. The summed E-state index contributed by atoms with van der Waals surface area (Å²) < 4.78 is 0.476. The molecule has 3 heteroatoms. The minimum absolute atomic E-state index is 0.476. The second-order valence-electron chi connectivity index (χ2n) is 5.91. The summed E-state index contributed by atoms with van der Waals surface area (Å²) in [7, 11) is 0. The number of fused-ring (bicyclic) bond motifs is 1. The van der Waals surface area contributed by atoms with E-state index in [1.165, 1.54) is 48.6 Å². The molecule has 3 rings (SSSR count). The average molecular weight is 288 g/mol. The Kier molecular flexibility index (Phi) is 4.37. The van der Waals surface area contributed by atoms with Gasteiger partial charge in [0.1, 0.15) is 0 Å². The summed E-state index contributed by atoms with van der Waals surface area (Å²) in [6, 6.07) is 8.69. The Labute approximate surface area is 125 Å². The maximum Gasteiger partial charge on any atom is 0.0457 e. The Morgan fingerprint density at radius 1 is 1.20 bits per heavy atom. The van der Waals surface area contributed by atoms with Crippen molar-refractivity contribution in [1.29, 1.82) is 0 Å². The van der Waals surface area contributed by atoms with E-state index in [0.717, 1.165) is 13.1 Å². The predicted octanol–water partition coefficient (Wildman–Crippen LogP) is 4.32. The molecule has 1 saturated carbocycles. The van der Waals surface area contributed by atoms with Crippen molar-refractivity contribution < 1.29 is 0 Å². The fraction of sp³-hybridized carbons (Fsp3) is 0.529. The van der Waals surface area contributed by atoms with Crippen LogP contribution in [0, 0.1) is 0 Å². The summed E-state index contributed by atoms with van der Waals surface area (Å²) in [5.74, 6) is 0. The normalized spacial score (nSPS) is 18.4. The second kappa shape index (κ2) is 6.23. The maximum atomic E-state index is 3.71. The summed E-state index contributed by atoms with van der Waals surface area (Å²) in [5, 5.41) is 5.06. The fourth-order valence-electron chi connectivity index (χ4n) is 3.38. The quantitative estimate of drug-likeness (QED) is 0.857. The molecule has 1 aromatic heterocycles. The molecule has 0 saturated heterocycles. The fourth-order valence-corrected chi connectivity index (χ4v) is 4.32. The van der Waals surface area contributed by atoms with Gasteiger partial charge in [-0.15, -0.1) is 0 Å². The lowest BCUT2D eigenvalue weighted by Gasteiger charge is -2.36. The molecule has 1 heterocycles. The monoisotopic (exact) mass is 288 g/mol. The first kappa shape index (κ1) is 14.0. The minimum Gasteiger partial charge on any atom is -0.361 e. The molecule has 0 unspecified atom stereocenters. The molecule has 2 aromatic rings. The van der Waals surface area contributed by atoms with Gasteiger partial charge in [-0.2, -0.15) is 11.8 Å². The van der Waals surface area contributed by atoms with Crippen LogP contribution >= 0.6 is 11.8 Å². The number of benzene rings is 1. The van der Waals surface area contributed by atoms with E-state index in [2.05, 4.69) is 52.6 Å². The largest absolute Gasteiger partial charge is 0.361 e. The first-order valence-corrected chi connectivity index (χ1v) is 8.86. The molecule has 0 atom stereocenters. The van der Waals surface area contributed by atoms with Crippen LogP contribution in [-0.4, -0.2) is 22.5 Å². The smallest absolute Gasteiger partial charge is 0.0457 e. The molecule has 0 radical (unpaired) electrons. The highest BCUT2D eigenvalue weighted by molar-refractivity contribution is 8.00. The van der Waals surface area contributed by atoms with Crippen molar-refractivity contribution in [3.63, 3.8) is 0 Å². The zero-order chi connectivity index (χ0) is 13.8. The molecule has 20 heavy (non-hydrogen) atoms. The van der Waals surface area contributed by atoms with E-state index in [1.807, 2.05) is 6.20 Å². The van der Waals surface area contributed by atoms with Crippen LogP contribution in [0.4, 0.5) is 0 Å². The van der Waals surface area contributed by atoms with E-state index in [4.69, 9.17) is 0 Å². The molecular formula is C17H24N2S. The predicted molar refractivity (Wildman–Crippen MR) is 89.3 cm³/mol.